The molecule has 0 bridgehead atoms. The number of fused-ring (bicyclic) bond motifs is 2. The van der Waals surface area contributed by atoms with Crippen LogP contribution in [0.15, 0.2) is 53.8 Å². The molecule has 0 spiro atoms. The van der Waals surface area contributed by atoms with E-state index in [0.717, 1.165) is 29.8 Å². The molecule has 0 saturated heterocycles. The number of carbonyl (C=O) groups is 1. The minimum absolute atomic E-state index is 0.164. The zero-order valence-electron chi connectivity index (χ0n) is 20.3. The molecule has 0 unspecified atom stereocenters. The zero-order valence-corrected chi connectivity index (χ0v) is 20.3. The van der Waals surface area contributed by atoms with Gasteiger partial charge in [-0.05, 0) is 44.2 Å². The first-order valence-corrected chi connectivity index (χ1v) is 11.6. The number of hydrogen-bond donors (Lipinski definition) is 0. The summed E-state index contributed by atoms with van der Waals surface area (Å²) in [5, 5.41) is 4.68. The molecule has 9 nitrogen and oxygen atoms in total. The van der Waals surface area contributed by atoms with Crippen LogP contribution in [0, 0.1) is 0 Å². The number of benzene rings is 2. The van der Waals surface area contributed by atoms with Crippen LogP contribution in [0.5, 0.6) is 5.75 Å². The predicted molar refractivity (Wildman–Crippen MR) is 135 cm³/mol. The van der Waals surface area contributed by atoms with Crippen LogP contribution in [0.25, 0.3) is 16.6 Å². The van der Waals surface area contributed by atoms with Crippen LogP contribution in [0.1, 0.15) is 29.8 Å². The van der Waals surface area contributed by atoms with Crippen molar-refractivity contribution in [3.8, 4) is 11.4 Å². The lowest BCUT2D eigenvalue weighted by Gasteiger charge is -2.26. The smallest absolute Gasteiger partial charge is 0.265 e. The average molecular weight is 473 g/mol. The molecule has 2 aromatic carbocycles. The summed E-state index contributed by atoms with van der Waals surface area (Å²) >= 11 is 0. The maximum Gasteiger partial charge on any atom is 0.265 e. The van der Waals surface area contributed by atoms with E-state index >= 15 is 0 Å². The number of rotatable bonds is 5. The van der Waals surface area contributed by atoms with Crippen molar-refractivity contribution in [2.45, 2.75) is 26.4 Å². The van der Waals surface area contributed by atoms with E-state index in [9.17, 15) is 9.59 Å². The van der Waals surface area contributed by atoms with E-state index in [2.05, 4.69) is 33.7 Å². The first kappa shape index (κ1) is 22.8. The Morgan fingerprint density at radius 2 is 1.94 bits per heavy atom. The summed E-state index contributed by atoms with van der Waals surface area (Å²) < 4.78 is 8.85. The molecule has 2 aromatic heterocycles. The van der Waals surface area contributed by atoms with Crippen molar-refractivity contribution in [3.63, 3.8) is 0 Å². The molecule has 35 heavy (non-hydrogen) atoms. The van der Waals surface area contributed by atoms with Crippen LogP contribution < -0.4 is 15.2 Å². The Bertz CT molecular complexity index is 1470. The monoisotopic (exact) mass is 472 g/mol. The van der Waals surface area contributed by atoms with Gasteiger partial charge >= 0.3 is 0 Å². The number of aryl methyl sites for hydroxylation is 1. The van der Waals surface area contributed by atoms with Crippen molar-refractivity contribution < 1.29 is 9.53 Å². The van der Waals surface area contributed by atoms with Crippen molar-refractivity contribution in [2.75, 3.05) is 25.1 Å². The van der Waals surface area contributed by atoms with Gasteiger partial charge in [0.1, 0.15) is 18.4 Å². The molecule has 0 atom stereocenters. The Hall–Kier alpha value is -3.98. The molecule has 180 valence electrons. The summed E-state index contributed by atoms with van der Waals surface area (Å²) in [4.78, 5) is 34.2. The number of anilines is 2. The Morgan fingerprint density at radius 1 is 1.11 bits per heavy atom. The zero-order chi connectivity index (χ0) is 24.7. The Morgan fingerprint density at radius 3 is 2.63 bits per heavy atom. The largest absolute Gasteiger partial charge is 0.496 e. The molecule has 0 saturated carbocycles. The lowest BCUT2D eigenvalue weighted by Crippen LogP contribution is -2.34. The van der Waals surface area contributed by atoms with Gasteiger partial charge in [0.05, 0.1) is 35.6 Å². The topological polar surface area (TPSA) is 85.5 Å². The standard InChI is InChI=1S/C26H28N6O3/c1-17(2)30-7-8-31(24-9-18(15-33)10-25(35-4)22(24)14-30)19-5-6-23-21(11-19)26(34)32(16-27-23)20-12-28-29(3)13-20/h5-6,9-13,15-17H,7-8,14H2,1-4H3. The molecule has 3 heterocycles. The summed E-state index contributed by atoms with van der Waals surface area (Å²) in [7, 11) is 3.43. The molecule has 5 rings (SSSR count). The van der Waals surface area contributed by atoms with Crippen molar-refractivity contribution >= 4 is 28.6 Å². The van der Waals surface area contributed by atoms with Crippen molar-refractivity contribution in [2.24, 2.45) is 7.05 Å². The van der Waals surface area contributed by atoms with Crippen LogP contribution >= 0.6 is 0 Å². The maximum atomic E-state index is 13.4. The van der Waals surface area contributed by atoms with Gasteiger partial charge in [-0.1, -0.05) is 0 Å². The Kier molecular flexibility index (Phi) is 5.86. The van der Waals surface area contributed by atoms with Crippen LogP contribution in [0.2, 0.25) is 0 Å². The molecule has 9 heteroatoms. The SMILES string of the molecule is COc1cc(C=O)cc2c1CN(C(C)C)CCN2c1ccc2ncn(-c3cnn(C)c3)c(=O)c2c1. The van der Waals surface area contributed by atoms with Crippen molar-refractivity contribution in [3.05, 3.63) is 70.5 Å². The summed E-state index contributed by atoms with van der Waals surface area (Å²) in [6.07, 6.45) is 5.78. The van der Waals surface area contributed by atoms with Crippen LogP contribution in [0.4, 0.5) is 11.4 Å². The van der Waals surface area contributed by atoms with E-state index in [1.54, 1.807) is 37.3 Å². The quantitative estimate of drug-likeness (QED) is 0.412. The van der Waals surface area contributed by atoms with Gasteiger partial charge in [0.25, 0.3) is 5.56 Å². The molecule has 0 aliphatic carbocycles. The molecule has 0 N–H and O–H groups in total. The van der Waals surface area contributed by atoms with Crippen LogP contribution in [-0.2, 0) is 13.6 Å². The number of ether oxygens (including phenoxy) is 1. The van der Waals surface area contributed by atoms with Crippen LogP contribution in [-0.4, -0.2) is 56.8 Å². The minimum Gasteiger partial charge on any atom is -0.496 e. The molecule has 0 radical (unpaired) electrons. The summed E-state index contributed by atoms with van der Waals surface area (Å²) in [6, 6.07) is 9.74. The molecule has 1 aliphatic heterocycles. The third kappa shape index (κ3) is 4.08. The van der Waals surface area contributed by atoms with Gasteiger partial charge in [-0.25, -0.2) is 4.98 Å². The van der Waals surface area contributed by atoms with E-state index in [-0.39, 0.29) is 5.56 Å². The van der Waals surface area contributed by atoms with E-state index in [0.29, 0.717) is 47.0 Å². The van der Waals surface area contributed by atoms with Crippen molar-refractivity contribution in [1.82, 2.24) is 24.2 Å². The second-order valence-corrected chi connectivity index (χ2v) is 9.05. The van der Waals surface area contributed by atoms with Gasteiger partial charge in [-0.3, -0.25) is 23.7 Å². The number of aldehydes is 1. The second-order valence-electron chi connectivity index (χ2n) is 9.05. The third-order valence-electron chi connectivity index (χ3n) is 6.58. The molecule has 0 fully saturated rings. The highest BCUT2D eigenvalue weighted by atomic mass is 16.5. The van der Waals surface area contributed by atoms with Gasteiger partial charge in [0.15, 0.2) is 0 Å². The number of hydrogen-bond acceptors (Lipinski definition) is 7. The lowest BCUT2D eigenvalue weighted by atomic mass is 10.1. The molecular formula is C26H28N6O3. The van der Waals surface area contributed by atoms with Gasteiger partial charge in [0, 0.05) is 55.7 Å². The van der Waals surface area contributed by atoms with E-state index < -0.39 is 0 Å². The van der Waals surface area contributed by atoms with E-state index in [4.69, 9.17) is 4.74 Å². The molecular weight excluding hydrogens is 444 g/mol. The minimum atomic E-state index is -0.164. The highest BCUT2D eigenvalue weighted by molar-refractivity contribution is 5.86. The fourth-order valence-corrected chi connectivity index (χ4v) is 4.64. The number of methoxy groups -OCH3 is 1. The normalized spacial score (nSPS) is 14.3. The van der Waals surface area contributed by atoms with E-state index in [1.165, 1.54) is 10.9 Å². The van der Waals surface area contributed by atoms with Crippen molar-refractivity contribution in [1.29, 1.82) is 0 Å². The van der Waals surface area contributed by atoms with Gasteiger partial charge in [-0.2, -0.15) is 5.10 Å². The molecule has 0 amide bonds. The predicted octanol–water partition coefficient (Wildman–Crippen LogP) is 3.30. The number of carbonyl (C=O) groups excluding carboxylic acids is 1. The first-order valence-electron chi connectivity index (χ1n) is 11.6. The highest BCUT2D eigenvalue weighted by Crippen LogP contribution is 2.38. The number of nitrogens with zero attached hydrogens (tertiary/aromatic N) is 6. The van der Waals surface area contributed by atoms with Gasteiger partial charge in [0.2, 0.25) is 0 Å². The fraction of sp³-hybridized carbons (Fsp3) is 0.308. The summed E-state index contributed by atoms with van der Waals surface area (Å²) in [5.74, 6) is 0.684. The van der Waals surface area contributed by atoms with Gasteiger partial charge in [-0.15, -0.1) is 0 Å². The third-order valence-corrected chi connectivity index (χ3v) is 6.58. The first-order chi connectivity index (χ1) is 16.9. The summed E-state index contributed by atoms with van der Waals surface area (Å²) in [5.41, 5.74) is 4.45. The Balaban J connectivity index is 1.68. The second kappa shape index (κ2) is 8.99. The lowest BCUT2D eigenvalue weighted by molar-refractivity contribution is 0.112. The molecule has 1 aliphatic rings. The number of aromatic nitrogens is 4. The highest BCUT2D eigenvalue weighted by Gasteiger charge is 2.26. The average Bonchev–Trinajstić information content (AvgIpc) is 3.19. The maximum absolute atomic E-state index is 13.4. The van der Waals surface area contributed by atoms with Gasteiger partial charge < -0.3 is 9.64 Å². The Labute approximate surface area is 203 Å². The molecule has 4 aromatic rings. The van der Waals surface area contributed by atoms with E-state index in [1.807, 2.05) is 24.3 Å². The fourth-order valence-electron chi connectivity index (χ4n) is 4.64. The summed E-state index contributed by atoms with van der Waals surface area (Å²) in [6.45, 7) is 6.55. The van der Waals surface area contributed by atoms with Crippen LogP contribution in [0.3, 0.4) is 0 Å².